The number of para-hydroxylation sites is 2. The second kappa shape index (κ2) is 44.5. The maximum absolute atomic E-state index is 14.1. The molecule has 0 spiro atoms. The standard InChI is InChI=1S/C48H52N8O7.C37H41N7O3.C11H13NO5.3ClH/c1-28(2)41(53-47(59)62-4)45(57)55-22-8-11-38(55)44-50-27-37(52-44)34-21-20-32-24-31(18-19-33(32)25-34)29-14-16-30(17-15-29)36-26-49-43(51-36)39-12-9-23-56(39)46(58)42(54-48(60)63-5)35-10-6-7-13-40(35)61-3;1-22(2)33(43-37(46)47-3)36(45)44-17-5-7-32(44)35-40-21-31(42-35)28-15-14-26-18-25(12-13-27(26)19-28)23-8-10-24(11-9-23)30-20-39-34(41-30)29-6-4-16-38-29;1-16-8-6-4-3-5-7(8)9(10(13)14)12-11(15)17-2;;;/h6-7,10,13-21,24-28,38-39,41-42H,8-9,11-12,22-23H2,1-5H3,(H,49,51)(H,50,52)(H,53,59)(H,54,60);8-15,18-22,29,32-33,38H,4-7,16-17H2,1-3H3,(H,39,41)(H,40,42)(H,43,46);3-6,9H,1-2H3,(H,12,15)(H,13,14);3*1H/t38-,39-,41-,42+;29-,32-,33-;9-;;;/m001.../s1. The van der Waals surface area contributed by atoms with Crippen LogP contribution in [0.15, 0.2) is 195 Å². The number of carbonyl (C=O) groups is 8. The van der Waals surface area contributed by atoms with Crippen molar-refractivity contribution < 1.29 is 71.9 Å². The van der Waals surface area contributed by atoms with Crippen molar-refractivity contribution in [2.24, 2.45) is 11.8 Å². The average molecular weight is 1830 g/mol. The summed E-state index contributed by atoms with van der Waals surface area (Å²) in [6.07, 6.45) is 11.7. The highest BCUT2D eigenvalue weighted by Gasteiger charge is 2.42. The molecule has 4 aliphatic heterocycles. The van der Waals surface area contributed by atoms with E-state index in [1.165, 1.54) is 42.0 Å². The highest BCUT2D eigenvalue weighted by molar-refractivity contribution is 5.94. The van der Waals surface area contributed by atoms with Crippen LogP contribution in [0.3, 0.4) is 0 Å². The Morgan fingerprint density at radius 2 is 0.685 bits per heavy atom. The average Bonchev–Trinajstić information content (AvgIpc) is 1.75. The zero-order valence-electron chi connectivity index (χ0n) is 73.8. The number of aromatic nitrogens is 8. The summed E-state index contributed by atoms with van der Waals surface area (Å²) in [7, 11) is 7.98. The normalized spacial score (nSPS) is 16.5. The van der Waals surface area contributed by atoms with Crippen LogP contribution < -0.4 is 36.1 Å². The first kappa shape index (κ1) is 97.1. The van der Waals surface area contributed by atoms with E-state index in [-0.39, 0.29) is 84.9 Å². The number of hydrogen-bond acceptors (Lipinski definition) is 19. The number of aromatic amines is 4. The van der Waals surface area contributed by atoms with Crippen LogP contribution in [-0.4, -0.2) is 189 Å². The Hall–Kier alpha value is -13.5. The van der Waals surface area contributed by atoms with Crippen LogP contribution in [0.1, 0.15) is 150 Å². The van der Waals surface area contributed by atoms with Crippen molar-refractivity contribution in [1.82, 2.24) is 81.2 Å². The van der Waals surface area contributed by atoms with E-state index in [2.05, 4.69) is 178 Å². The van der Waals surface area contributed by atoms with Crippen molar-refractivity contribution in [2.75, 3.05) is 68.8 Å². The Morgan fingerprint density at radius 3 is 1.05 bits per heavy atom. The van der Waals surface area contributed by atoms with Gasteiger partial charge in [0.25, 0.3) is 5.91 Å². The molecule has 0 saturated carbocycles. The van der Waals surface area contributed by atoms with Gasteiger partial charge in [-0.15, -0.1) is 37.2 Å². The molecule has 8 heterocycles. The molecule has 4 aliphatic rings. The minimum atomic E-state index is -1.21. The maximum Gasteiger partial charge on any atom is 0.407 e. The number of likely N-dealkylation sites (tertiary alicyclic amines) is 3. The van der Waals surface area contributed by atoms with Crippen LogP contribution >= 0.6 is 37.2 Å². The summed E-state index contributed by atoms with van der Waals surface area (Å²) in [5.74, 6) is 2.13. The van der Waals surface area contributed by atoms with Gasteiger partial charge in [-0.25, -0.2) is 43.9 Å². The van der Waals surface area contributed by atoms with Crippen molar-refractivity contribution in [1.29, 1.82) is 0 Å². The second-order valence-electron chi connectivity index (χ2n) is 32.3. The van der Waals surface area contributed by atoms with Crippen molar-refractivity contribution in [3.63, 3.8) is 0 Å². The molecule has 0 unspecified atom stereocenters. The molecule has 12 aromatic rings. The van der Waals surface area contributed by atoms with E-state index in [1.54, 1.807) is 53.6 Å². The summed E-state index contributed by atoms with van der Waals surface area (Å²) in [6.45, 7) is 10.4. The molecule has 8 atom stereocenters. The topological polar surface area (TPSA) is 397 Å². The Kier molecular flexibility index (Phi) is 33.2. The van der Waals surface area contributed by atoms with Crippen LogP contribution in [0, 0.1) is 11.8 Å². The van der Waals surface area contributed by atoms with E-state index in [1.807, 2.05) is 62.2 Å². The van der Waals surface area contributed by atoms with Gasteiger partial charge in [0.1, 0.15) is 52.9 Å². The van der Waals surface area contributed by atoms with Gasteiger partial charge < -0.3 is 94.7 Å². The predicted molar refractivity (Wildman–Crippen MR) is 500 cm³/mol. The van der Waals surface area contributed by atoms with E-state index < -0.39 is 54.5 Å². The van der Waals surface area contributed by atoms with Crippen molar-refractivity contribution in [3.05, 3.63) is 229 Å². The molecule has 0 bridgehead atoms. The minimum absolute atomic E-state index is 0. The zero-order chi connectivity index (χ0) is 89.5. The lowest BCUT2D eigenvalue weighted by molar-refractivity contribution is -0.139. The van der Waals surface area contributed by atoms with Crippen LogP contribution in [-0.2, 0) is 38.1 Å². The molecule has 10 N–H and O–H groups in total. The third-order valence-corrected chi connectivity index (χ3v) is 23.8. The number of imidazole rings is 4. The number of ether oxygens (including phenoxy) is 6. The van der Waals surface area contributed by atoms with Crippen LogP contribution in [0.5, 0.6) is 11.5 Å². The Balaban J connectivity index is 0.000000214. The summed E-state index contributed by atoms with van der Waals surface area (Å²) in [5, 5.41) is 27.4. The number of fused-ring (bicyclic) bond motifs is 2. The molecule has 7 amide bonds. The number of carboxylic acid groups (broad SMARTS) is 1. The molecule has 31 nitrogen and oxygen atoms in total. The molecule has 130 heavy (non-hydrogen) atoms. The number of rotatable bonds is 24. The number of amides is 7. The Bertz CT molecular complexity index is 5940. The van der Waals surface area contributed by atoms with Gasteiger partial charge in [0.05, 0.1) is 114 Å². The highest BCUT2D eigenvalue weighted by Crippen LogP contribution is 2.41. The van der Waals surface area contributed by atoms with Gasteiger partial charge in [-0.1, -0.05) is 161 Å². The maximum atomic E-state index is 14.1. The fourth-order valence-corrected chi connectivity index (χ4v) is 17.0. The SMILES string of the molecule is COC(=O)N[C@@H](C(=O)O)c1ccccc1OC.COC(=O)N[C@H](C(=O)N1CCC[C@H]1c1ncc(-c2ccc3cc(-c4ccc(-c5cnc([C@@H]6CCCN6)[nH]5)cc4)ccc3c2)[nH]1)C(C)C.COC(=O)N[C@H](C(=O)N1CCC[C@H]1c1ncc(-c2ccc3cc(-c4ccc(-c5cnc([C@@H]6CCCN6C(=O)[C@H](NC(=O)OC)c6ccccc6OC)[nH]5)cc4)ccc3c2)[nH]1)C(C)C.Cl.Cl.Cl. The van der Waals surface area contributed by atoms with Gasteiger partial charge in [0.2, 0.25) is 11.8 Å². The van der Waals surface area contributed by atoms with Crippen LogP contribution in [0.2, 0.25) is 0 Å². The number of halogens is 3. The van der Waals surface area contributed by atoms with E-state index in [9.17, 15) is 38.4 Å². The molecule has 0 aliphatic carbocycles. The van der Waals surface area contributed by atoms with Gasteiger partial charge in [-0.2, -0.15) is 0 Å². The van der Waals surface area contributed by atoms with Crippen LogP contribution in [0.25, 0.3) is 88.8 Å². The first-order valence-corrected chi connectivity index (χ1v) is 42.5. The van der Waals surface area contributed by atoms with E-state index in [4.69, 9.17) is 43.7 Å². The van der Waals surface area contributed by atoms with Crippen molar-refractivity contribution in [2.45, 2.75) is 127 Å². The number of methoxy groups -OCH3 is 6. The molecule has 4 fully saturated rings. The number of hydrogen-bond donors (Lipinski definition) is 10. The number of nitrogens with zero attached hydrogens (tertiary/aromatic N) is 7. The first-order chi connectivity index (χ1) is 61.5. The fraction of sp³-hybridized carbons (Fsp3) is 0.333. The summed E-state index contributed by atoms with van der Waals surface area (Å²) < 4.78 is 29.3. The molecular weight excluding hydrogens is 1720 g/mol. The van der Waals surface area contributed by atoms with Crippen molar-refractivity contribution in [3.8, 4) is 78.8 Å². The summed E-state index contributed by atoms with van der Waals surface area (Å²) in [4.78, 5) is 138. The quantitative estimate of drug-likeness (QED) is 0.0251. The number of carbonyl (C=O) groups excluding carboxylic acids is 7. The zero-order valence-corrected chi connectivity index (χ0v) is 76.2. The summed E-state index contributed by atoms with van der Waals surface area (Å²) in [5.41, 5.74) is 13.1. The van der Waals surface area contributed by atoms with E-state index in [0.29, 0.717) is 54.1 Å². The molecule has 16 rings (SSSR count). The monoisotopic (exact) mass is 1830 g/mol. The molecule has 4 saturated heterocycles. The molecule has 0 radical (unpaired) electrons. The minimum Gasteiger partial charge on any atom is -0.496 e. The van der Waals surface area contributed by atoms with Gasteiger partial charge in [-0.05, 0) is 161 Å². The smallest absolute Gasteiger partial charge is 0.407 e. The highest BCUT2D eigenvalue weighted by atomic mass is 35.5. The lowest BCUT2D eigenvalue weighted by Crippen LogP contribution is -2.51. The van der Waals surface area contributed by atoms with Crippen molar-refractivity contribution >= 4 is 107 Å². The number of aliphatic carboxylic acids is 1. The molecule has 8 aromatic carbocycles. The third-order valence-electron chi connectivity index (χ3n) is 23.8. The summed E-state index contributed by atoms with van der Waals surface area (Å²) >= 11 is 0. The number of carboxylic acids is 1. The largest absolute Gasteiger partial charge is 0.496 e. The molecule has 684 valence electrons. The first-order valence-electron chi connectivity index (χ1n) is 42.5. The fourth-order valence-electron chi connectivity index (χ4n) is 17.0. The van der Waals surface area contributed by atoms with E-state index in [0.717, 1.165) is 165 Å². The predicted octanol–water partition coefficient (Wildman–Crippen LogP) is 17.3. The molecular formula is C96H109Cl3N16O15. The van der Waals surface area contributed by atoms with Gasteiger partial charge in [0, 0.05) is 41.9 Å². The Labute approximate surface area is 771 Å². The van der Waals surface area contributed by atoms with E-state index >= 15 is 0 Å². The number of alkyl carbamates (subject to hydrolysis) is 4. The number of nitrogens with one attached hydrogen (secondary N) is 9. The number of benzene rings is 8. The molecule has 34 heteroatoms. The lowest BCUT2D eigenvalue weighted by Gasteiger charge is -2.30. The van der Waals surface area contributed by atoms with Gasteiger partial charge in [0.15, 0.2) is 6.04 Å². The third kappa shape index (κ3) is 22.2. The van der Waals surface area contributed by atoms with Crippen LogP contribution in [0.4, 0.5) is 19.2 Å². The number of H-pyrrole nitrogens is 4. The Morgan fingerprint density at radius 1 is 0.369 bits per heavy atom. The second-order valence-corrected chi connectivity index (χ2v) is 32.3. The van der Waals surface area contributed by atoms with Gasteiger partial charge in [-0.3, -0.25) is 14.4 Å². The molecule has 4 aromatic heterocycles. The summed E-state index contributed by atoms with van der Waals surface area (Å²) in [6, 6.07) is 52.3. The van der Waals surface area contributed by atoms with Gasteiger partial charge >= 0.3 is 30.3 Å². The lowest BCUT2D eigenvalue weighted by atomic mass is 9.98.